The molecule has 1 rings (SSSR count). The minimum atomic E-state index is -1.38. The summed E-state index contributed by atoms with van der Waals surface area (Å²) in [5.74, 6) is -3.55. The van der Waals surface area contributed by atoms with Crippen molar-refractivity contribution in [3.8, 4) is 0 Å². The molecule has 160 valence electrons. The first-order valence-electron chi connectivity index (χ1n) is 9.45. The van der Waals surface area contributed by atoms with Gasteiger partial charge in [0, 0.05) is 12.8 Å². The monoisotopic (exact) mass is 407 g/mol. The Labute approximate surface area is 169 Å². The van der Waals surface area contributed by atoms with Crippen molar-refractivity contribution in [1.29, 1.82) is 0 Å². The summed E-state index contributed by atoms with van der Waals surface area (Å²) in [7, 11) is 0. The summed E-state index contributed by atoms with van der Waals surface area (Å²) < 4.78 is 0. The minimum Gasteiger partial charge on any atom is -0.481 e. The molecule has 0 aliphatic carbocycles. The van der Waals surface area contributed by atoms with Crippen LogP contribution in [-0.2, 0) is 25.6 Å². The molecule has 0 saturated carbocycles. The maximum atomic E-state index is 12.7. The average molecular weight is 407 g/mol. The molecule has 1 aromatic carbocycles. The third kappa shape index (κ3) is 9.20. The number of benzene rings is 1. The second kappa shape index (κ2) is 11.8. The molecule has 6 N–H and O–H groups in total. The number of carbonyl (C=O) groups excluding carboxylic acids is 2. The second-order valence-corrected chi connectivity index (χ2v) is 7.32. The van der Waals surface area contributed by atoms with Gasteiger partial charge in [0.15, 0.2) is 0 Å². The van der Waals surface area contributed by atoms with Crippen LogP contribution in [0.25, 0.3) is 0 Å². The Morgan fingerprint density at radius 1 is 0.966 bits per heavy atom. The predicted molar refractivity (Wildman–Crippen MR) is 106 cm³/mol. The van der Waals surface area contributed by atoms with Gasteiger partial charge in [0.2, 0.25) is 11.8 Å². The fraction of sp³-hybridized carbons (Fsp3) is 0.500. The van der Waals surface area contributed by atoms with Crippen molar-refractivity contribution >= 4 is 23.8 Å². The average Bonchev–Trinajstić information content (AvgIpc) is 2.64. The van der Waals surface area contributed by atoms with E-state index in [2.05, 4.69) is 10.6 Å². The van der Waals surface area contributed by atoms with Gasteiger partial charge in [-0.3, -0.25) is 14.4 Å². The van der Waals surface area contributed by atoms with Gasteiger partial charge in [0.05, 0.1) is 6.04 Å². The fourth-order valence-corrected chi connectivity index (χ4v) is 2.75. The van der Waals surface area contributed by atoms with Gasteiger partial charge in [0.25, 0.3) is 0 Å². The Kier molecular flexibility index (Phi) is 9.81. The highest BCUT2D eigenvalue weighted by atomic mass is 16.4. The maximum Gasteiger partial charge on any atom is 0.326 e. The van der Waals surface area contributed by atoms with Crippen LogP contribution in [0, 0.1) is 5.92 Å². The molecule has 0 aliphatic rings. The topological polar surface area (TPSA) is 159 Å². The van der Waals surface area contributed by atoms with Crippen LogP contribution in [0.2, 0.25) is 0 Å². The molecule has 0 spiro atoms. The van der Waals surface area contributed by atoms with Gasteiger partial charge in [-0.25, -0.2) is 4.79 Å². The van der Waals surface area contributed by atoms with Crippen LogP contribution in [0.4, 0.5) is 0 Å². The Bertz CT molecular complexity index is 707. The number of carboxylic acids is 2. The van der Waals surface area contributed by atoms with Gasteiger partial charge >= 0.3 is 11.9 Å². The number of hydrogen-bond donors (Lipinski definition) is 5. The smallest absolute Gasteiger partial charge is 0.326 e. The standard InChI is InChI=1S/C20H29N3O6/c1-12(2)10-14(21)18(26)23-16(11-13-6-4-3-5-7-13)19(27)22-15(20(28)29)8-9-17(24)25/h3-7,12,14-16H,8-11,21H2,1-2H3,(H,22,27)(H,23,26)(H,24,25)(H,28,29)/t14-,15-,16-/m0/s1. The van der Waals surface area contributed by atoms with E-state index in [1.54, 1.807) is 24.3 Å². The van der Waals surface area contributed by atoms with E-state index in [0.29, 0.717) is 6.42 Å². The van der Waals surface area contributed by atoms with E-state index >= 15 is 0 Å². The third-order valence-electron chi connectivity index (χ3n) is 4.24. The molecular weight excluding hydrogens is 378 g/mol. The van der Waals surface area contributed by atoms with Gasteiger partial charge in [-0.1, -0.05) is 44.2 Å². The van der Waals surface area contributed by atoms with Gasteiger partial charge in [-0.2, -0.15) is 0 Å². The zero-order valence-electron chi connectivity index (χ0n) is 16.6. The summed E-state index contributed by atoms with van der Waals surface area (Å²) in [6, 6.07) is 5.70. The van der Waals surface area contributed by atoms with Crippen molar-refractivity contribution < 1.29 is 29.4 Å². The van der Waals surface area contributed by atoms with Crippen molar-refractivity contribution in [2.75, 3.05) is 0 Å². The number of nitrogens with one attached hydrogen (secondary N) is 2. The quantitative estimate of drug-likeness (QED) is 0.338. The van der Waals surface area contributed by atoms with E-state index in [0.717, 1.165) is 5.56 Å². The molecule has 0 aliphatic heterocycles. The highest BCUT2D eigenvalue weighted by molar-refractivity contribution is 5.92. The molecule has 9 nitrogen and oxygen atoms in total. The van der Waals surface area contributed by atoms with Crippen molar-refractivity contribution in [2.45, 2.75) is 57.7 Å². The molecule has 0 bridgehead atoms. The first-order valence-corrected chi connectivity index (χ1v) is 9.45. The largest absolute Gasteiger partial charge is 0.481 e. The fourth-order valence-electron chi connectivity index (χ4n) is 2.75. The lowest BCUT2D eigenvalue weighted by Crippen LogP contribution is -2.55. The van der Waals surface area contributed by atoms with Crippen LogP contribution in [0.1, 0.15) is 38.7 Å². The number of aliphatic carboxylic acids is 2. The van der Waals surface area contributed by atoms with Crippen LogP contribution in [0.15, 0.2) is 30.3 Å². The van der Waals surface area contributed by atoms with Crippen LogP contribution in [0.3, 0.4) is 0 Å². The Balaban J connectivity index is 2.92. The summed E-state index contributed by atoms with van der Waals surface area (Å²) in [6.45, 7) is 3.84. The lowest BCUT2D eigenvalue weighted by molar-refractivity contribution is -0.143. The lowest BCUT2D eigenvalue weighted by atomic mass is 10.0. The molecule has 2 amide bonds. The summed E-state index contributed by atoms with van der Waals surface area (Å²) in [6.07, 6.45) is -0.110. The lowest BCUT2D eigenvalue weighted by Gasteiger charge is -2.23. The first-order chi connectivity index (χ1) is 13.6. The van der Waals surface area contributed by atoms with E-state index in [1.165, 1.54) is 0 Å². The molecule has 0 saturated heterocycles. The number of carbonyl (C=O) groups is 4. The summed E-state index contributed by atoms with van der Waals surface area (Å²) in [5, 5.41) is 22.9. The minimum absolute atomic E-state index is 0.137. The molecule has 3 atom stereocenters. The Morgan fingerprint density at radius 3 is 2.07 bits per heavy atom. The molecule has 0 fully saturated rings. The van der Waals surface area contributed by atoms with Gasteiger partial charge in [0.1, 0.15) is 12.1 Å². The number of rotatable bonds is 12. The molecule has 9 heteroatoms. The maximum absolute atomic E-state index is 12.7. The van der Waals surface area contributed by atoms with Crippen LogP contribution < -0.4 is 16.4 Å². The van der Waals surface area contributed by atoms with Crippen LogP contribution >= 0.6 is 0 Å². The molecule has 0 unspecified atom stereocenters. The van der Waals surface area contributed by atoms with E-state index in [-0.39, 0.29) is 18.8 Å². The van der Waals surface area contributed by atoms with E-state index in [1.807, 2.05) is 19.9 Å². The van der Waals surface area contributed by atoms with E-state index < -0.39 is 48.3 Å². The molecule has 0 aromatic heterocycles. The van der Waals surface area contributed by atoms with Crippen molar-refractivity contribution in [1.82, 2.24) is 10.6 Å². The normalized spacial score (nSPS) is 13.9. The SMILES string of the molecule is CC(C)C[C@H](N)C(=O)N[C@@H](Cc1ccccc1)C(=O)N[C@@H](CCC(=O)O)C(=O)O. The number of nitrogens with two attached hydrogens (primary N) is 1. The van der Waals surface area contributed by atoms with Crippen molar-refractivity contribution in [3.05, 3.63) is 35.9 Å². The molecular formula is C20H29N3O6. The van der Waals surface area contributed by atoms with Crippen molar-refractivity contribution in [3.63, 3.8) is 0 Å². The number of amides is 2. The summed E-state index contributed by atoms with van der Waals surface area (Å²) in [4.78, 5) is 47.2. The highest BCUT2D eigenvalue weighted by Gasteiger charge is 2.28. The summed E-state index contributed by atoms with van der Waals surface area (Å²) in [5.41, 5.74) is 6.65. The van der Waals surface area contributed by atoms with Gasteiger partial charge < -0.3 is 26.6 Å². The molecule has 0 heterocycles. The highest BCUT2D eigenvalue weighted by Crippen LogP contribution is 2.07. The third-order valence-corrected chi connectivity index (χ3v) is 4.24. The van der Waals surface area contributed by atoms with Crippen LogP contribution in [0.5, 0.6) is 0 Å². The molecule has 1 aromatic rings. The molecule has 29 heavy (non-hydrogen) atoms. The van der Waals surface area contributed by atoms with E-state index in [9.17, 15) is 24.3 Å². The number of hydrogen-bond acceptors (Lipinski definition) is 5. The van der Waals surface area contributed by atoms with Crippen molar-refractivity contribution in [2.24, 2.45) is 11.7 Å². The van der Waals surface area contributed by atoms with Gasteiger partial charge in [-0.15, -0.1) is 0 Å². The Hall–Kier alpha value is -2.94. The van der Waals surface area contributed by atoms with Gasteiger partial charge in [-0.05, 0) is 24.3 Å². The Morgan fingerprint density at radius 2 is 1.55 bits per heavy atom. The zero-order valence-corrected chi connectivity index (χ0v) is 16.6. The summed E-state index contributed by atoms with van der Waals surface area (Å²) >= 11 is 0. The zero-order chi connectivity index (χ0) is 22.0. The molecule has 0 radical (unpaired) electrons. The predicted octanol–water partition coefficient (Wildman–Crippen LogP) is 0.522. The first kappa shape index (κ1) is 24.1. The second-order valence-electron chi connectivity index (χ2n) is 7.32. The van der Waals surface area contributed by atoms with E-state index in [4.69, 9.17) is 10.8 Å². The number of carboxylic acid groups (broad SMARTS) is 2. The van der Waals surface area contributed by atoms with Crippen LogP contribution in [-0.4, -0.2) is 52.1 Å².